The van der Waals surface area contributed by atoms with E-state index in [1.807, 2.05) is 30.3 Å². The van der Waals surface area contributed by atoms with Crippen LogP contribution in [0.4, 0.5) is 16.3 Å². The van der Waals surface area contributed by atoms with Crippen LogP contribution in [0.5, 0.6) is 0 Å². The predicted molar refractivity (Wildman–Crippen MR) is 95.0 cm³/mol. The summed E-state index contributed by atoms with van der Waals surface area (Å²) in [4.78, 5) is 18.4. The van der Waals surface area contributed by atoms with Crippen LogP contribution in [0.2, 0.25) is 0 Å². The maximum absolute atomic E-state index is 11.9. The largest absolute Gasteiger partial charge is 0.357 e. The predicted octanol–water partition coefficient (Wildman–Crippen LogP) is 3.29. The molecule has 0 radical (unpaired) electrons. The quantitative estimate of drug-likeness (QED) is 0.825. The van der Waals surface area contributed by atoms with Gasteiger partial charge in [0.25, 0.3) is 0 Å². The van der Waals surface area contributed by atoms with Gasteiger partial charge in [-0.3, -0.25) is 0 Å². The van der Waals surface area contributed by atoms with E-state index < -0.39 is 0 Å². The third kappa shape index (κ3) is 5.29. The van der Waals surface area contributed by atoms with Gasteiger partial charge in [-0.15, -0.1) is 0 Å². The summed E-state index contributed by atoms with van der Waals surface area (Å²) in [6.07, 6.45) is 2.50. The van der Waals surface area contributed by atoms with Crippen molar-refractivity contribution in [3.63, 3.8) is 0 Å². The first-order chi connectivity index (χ1) is 11.2. The first kappa shape index (κ1) is 16.8. The van der Waals surface area contributed by atoms with Gasteiger partial charge in [0, 0.05) is 19.6 Å². The fraction of sp³-hybridized carbons (Fsp3) is 0.333. The van der Waals surface area contributed by atoms with E-state index in [0.29, 0.717) is 12.2 Å². The molecule has 0 fully saturated rings. The molecule has 0 aliphatic heterocycles. The van der Waals surface area contributed by atoms with Crippen LogP contribution in [0.25, 0.3) is 0 Å². The van der Waals surface area contributed by atoms with Crippen LogP contribution in [0.1, 0.15) is 19.4 Å². The molecule has 5 nitrogen and oxygen atoms in total. The molecule has 2 rings (SSSR count). The number of pyridine rings is 1. The fourth-order valence-corrected chi connectivity index (χ4v) is 2.33. The number of rotatable bonds is 7. The van der Waals surface area contributed by atoms with E-state index in [1.54, 1.807) is 6.20 Å². The molecule has 0 atom stereocenters. The summed E-state index contributed by atoms with van der Waals surface area (Å²) in [6.45, 7) is 6.61. The molecule has 1 aromatic heterocycles. The summed E-state index contributed by atoms with van der Waals surface area (Å²) < 4.78 is 0. The lowest BCUT2D eigenvalue weighted by molar-refractivity contribution is 0.252. The summed E-state index contributed by atoms with van der Waals surface area (Å²) in [5, 5.41) is 5.65. The molecule has 2 N–H and O–H groups in total. The second kappa shape index (κ2) is 8.78. The Morgan fingerprint density at radius 3 is 2.43 bits per heavy atom. The lowest BCUT2D eigenvalue weighted by Gasteiger charge is -2.19. The van der Waals surface area contributed by atoms with Gasteiger partial charge in [-0.25, -0.2) is 9.78 Å². The molecule has 23 heavy (non-hydrogen) atoms. The Morgan fingerprint density at radius 1 is 1.09 bits per heavy atom. The number of amides is 2. The van der Waals surface area contributed by atoms with E-state index >= 15 is 0 Å². The zero-order valence-electron chi connectivity index (χ0n) is 13.7. The van der Waals surface area contributed by atoms with Crippen LogP contribution in [0.3, 0.4) is 0 Å². The number of aromatic nitrogens is 1. The summed E-state index contributed by atoms with van der Waals surface area (Å²) in [5.41, 5.74) is 1.90. The molecule has 0 aliphatic rings. The van der Waals surface area contributed by atoms with Gasteiger partial charge in [0.15, 0.2) is 0 Å². The van der Waals surface area contributed by atoms with Gasteiger partial charge in [0.2, 0.25) is 0 Å². The normalized spacial score (nSPS) is 10.2. The van der Waals surface area contributed by atoms with Crippen molar-refractivity contribution in [2.24, 2.45) is 0 Å². The zero-order chi connectivity index (χ0) is 16.5. The van der Waals surface area contributed by atoms with Crippen LogP contribution in [0.15, 0.2) is 48.7 Å². The van der Waals surface area contributed by atoms with E-state index in [4.69, 9.17) is 0 Å². The molecule has 122 valence electrons. The van der Waals surface area contributed by atoms with E-state index in [9.17, 15) is 4.79 Å². The maximum atomic E-state index is 11.9. The van der Waals surface area contributed by atoms with Crippen molar-refractivity contribution >= 4 is 17.5 Å². The number of carbonyl (C=O) groups is 1. The number of hydrogen-bond donors (Lipinski definition) is 2. The van der Waals surface area contributed by atoms with Crippen molar-refractivity contribution < 1.29 is 4.79 Å². The molecule has 1 heterocycles. The summed E-state index contributed by atoms with van der Waals surface area (Å²) in [6, 6.07) is 13.7. The monoisotopic (exact) mass is 312 g/mol. The molecule has 0 aliphatic carbocycles. The van der Waals surface area contributed by atoms with Crippen LogP contribution < -0.4 is 15.5 Å². The molecule has 0 bridgehead atoms. The van der Waals surface area contributed by atoms with E-state index in [-0.39, 0.29) is 6.03 Å². The van der Waals surface area contributed by atoms with Gasteiger partial charge < -0.3 is 15.5 Å². The summed E-state index contributed by atoms with van der Waals surface area (Å²) in [7, 11) is 0. The molecule has 2 amide bonds. The van der Waals surface area contributed by atoms with Gasteiger partial charge in [-0.2, -0.15) is 0 Å². The summed E-state index contributed by atoms with van der Waals surface area (Å²) >= 11 is 0. The van der Waals surface area contributed by atoms with E-state index in [0.717, 1.165) is 25.3 Å². The Kier molecular flexibility index (Phi) is 6.41. The van der Waals surface area contributed by atoms with Crippen LogP contribution in [-0.2, 0) is 6.42 Å². The molecular weight excluding hydrogens is 288 g/mol. The minimum Gasteiger partial charge on any atom is -0.357 e. The number of carbonyl (C=O) groups excluding carboxylic acids is 1. The summed E-state index contributed by atoms with van der Waals surface area (Å²) in [5.74, 6) is 0.921. The minimum atomic E-state index is -0.210. The van der Waals surface area contributed by atoms with Crippen LogP contribution >= 0.6 is 0 Å². The van der Waals surface area contributed by atoms with Crippen LogP contribution in [0, 0.1) is 0 Å². The van der Waals surface area contributed by atoms with Crippen molar-refractivity contribution in [3.8, 4) is 0 Å². The Balaban J connectivity index is 1.78. The highest BCUT2D eigenvalue weighted by molar-refractivity contribution is 5.89. The highest BCUT2D eigenvalue weighted by Crippen LogP contribution is 2.13. The maximum Gasteiger partial charge on any atom is 0.319 e. The Labute approximate surface area is 137 Å². The fourth-order valence-electron chi connectivity index (χ4n) is 2.33. The average Bonchev–Trinajstić information content (AvgIpc) is 2.58. The highest BCUT2D eigenvalue weighted by Gasteiger charge is 2.05. The second-order valence-electron chi connectivity index (χ2n) is 5.19. The van der Waals surface area contributed by atoms with Gasteiger partial charge in [0.1, 0.15) is 5.82 Å². The van der Waals surface area contributed by atoms with Crippen molar-refractivity contribution in [1.82, 2.24) is 10.3 Å². The molecule has 0 saturated heterocycles. The van der Waals surface area contributed by atoms with Gasteiger partial charge in [0.05, 0.1) is 11.9 Å². The van der Waals surface area contributed by atoms with Crippen molar-refractivity contribution in [2.45, 2.75) is 20.3 Å². The topological polar surface area (TPSA) is 57.3 Å². The minimum absolute atomic E-state index is 0.210. The van der Waals surface area contributed by atoms with E-state index in [2.05, 4.69) is 46.5 Å². The molecule has 5 heteroatoms. The van der Waals surface area contributed by atoms with Crippen molar-refractivity contribution in [3.05, 3.63) is 54.2 Å². The number of urea groups is 1. The third-order valence-corrected chi connectivity index (χ3v) is 3.64. The smallest absolute Gasteiger partial charge is 0.319 e. The number of benzene rings is 1. The average molecular weight is 312 g/mol. The van der Waals surface area contributed by atoms with Crippen molar-refractivity contribution in [1.29, 1.82) is 0 Å². The lowest BCUT2D eigenvalue weighted by atomic mass is 10.1. The standard InChI is InChI=1S/C18H24N4O/c1-3-22(4-2)17-11-10-16(14-20-17)21-18(23)19-13-12-15-8-6-5-7-9-15/h5-11,14H,3-4,12-13H2,1-2H3,(H2,19,21,23). The molecule has 2 aromatic rings. The molecular formula is C18H24N4O. The molecule has 0 unspecified atom stereocenters. The molecule has 0 spiro atoms. The van der Waals surface area contributed by atoms with Gasteiger partial charge in [-0.1, -0.05) is 30.3 Å². The Morgan fingerprint density at radius 2 is 1.83 bits per heavy atom. The Bertz CT molecular complexity index is 594. The number of nitrogens with zero attached hydrogens (tertiary/aromatic N) is 2. The zero-order valence-corrected chi connectivity index (χ0v) is 13.7. The first-order valence-corrected chi connectivity index (χ1v) is 8.02. The van der Waals surface area contributed by atoms with Crippen LogP contribution in [-0.4, -0.2) is 30.6 Å². The van der Waals surface area contributed by atoms with Gasteiger partial charge in [-0.05, 0) is 38.0 Å². The number of nitrogens with one attached hydrogen (secondary N) is 2. The molecule has 1 aromatic carbocycles. The van der Waals surface area contributed by atoms with Gasteiger partial charge >= 0.3 is 6.03 Å². The molecule has 0 saturated carbocycles. The number of anilines is 2. The third-order valence-electron chi connectivity index (χ3n) is 3.64. The second-order valence-corrected chi connectivity index (χ2v) is 5.19. The first-order valence-electron chi connectivity index (χ1n) is 8.02. The Hall–Kier alpha value is -2.56. The lowest BCUT2D eigenvalue weighted by Crippen LogP contribution is -2.30. The number of hydrogen-bond acceptors (Lipinski definition) is 3. The SMILES string of the molecule is CCN(CC)c1ccc(NC(=O)NCCc2ccccc2)cn1. The highest BCUT2D eigenvalue weighted by atomic mass is 16.2. The van der Waals surface area contributed by atoms with Crippen molar-refractivity contribution in [2.75, 3.05) is 29.9 Å². The van der Waals surface area contributed by atoms with E-state index in [1.165, 1.54) is 5.56 Å².